The van der Waals surface area contributed by atoms with Crippen LogP contribution in [-0.4, -0.2) is 30.4 Å². The number of ether oxygens (including phenoxy) is 1. The molecule has 0 unspecified atom stereocenters. The highest BCUT2D eigenvalue weighted by atomic mass is 16.5. The molecule has 0 saturated carbocycles. The van der Waals surface area contributed by atoms with Gasteiger partial charge in [0.15, 0.2) is 0 Å². The van der Waals surface area contributed by atoms with Gasteiger partial charge in [-0.2, -0.15) is 0 Å². The van der Waals surface area contributed by atoms with Gasteiger partial charge in [-0.05, 0) is 11.5 Å². The van der Waals surface area contributed by atoms with Gasteiger partial charge in [-0.3, -0.25) is 9.59 Å². The fourth-order valence-electron chi connectivity index (χ4n) is 2.13. The molecule has 1 saturated heterocycles. The Morgan fingerprint density at radius 1 is 1.39 bits per heavy atom. The molecule has 1 amide bonds. The van der Waals surface area contributed by atoms with Crippen molar-refractivity contribution in [2.75, 3.05) is 13.6 Å². The number of benzene rings is 1. The van der Waals surface area contributed by atoms with E-state index in [-0.39, 0.29) is 17.8 Å². The van der Waals surface area contributed by atoms with Gasteiger partial charge in [0.05, 0.1) is 6.42 Å². The molecule has 18 heavy (non-hydrogen) atoms. The normalized spacial score (nSPS) is 19.1. The van der Waals surface area contributed by atoms with Crippen LogP contribution in [0.4, 0.5) is 0 Å². The predicted molar refractivity (Wildman–Crippen MR) is 66.6 cm³/mol. The maximum absolute atomic E-state index is 11.6. The Morgan fingerprint density at radius 3 is 2.72 bits per heavy atom. The minimum atomic E-state index is -0.230. The van der Waals surface area contributed by atoms with Crippen LogP contribution in [0.1, 0.15) is 18.4 Å². The molecule has 1 aromatic rings. The third-order valence-electron chi connectivity index (χ3n) is 3.12. The molecule has 4 nitrogen and oxygen atoms in total. The average Bonchev–Trinajstić information content (AvgIpc) is 2.67. The quantitative estimate of drug-likeness (QED) is 0.759. The molecule has 1 aliphatic heterocycles. The Labute approximate surface area is 107 Å². The van der Waals surface area contributed by atoms with Crippen molar-refractivity contribution in [3.05, 3.63) is 35.9 Å². The zero-order valence-corrected chi connectivity index (χ0v) is 10.5. The first kappa shape index (κ1) is 12.6. The van der Waals surface area contributed by atoms with Crippen molar-refractivity contribution in [3.63, 3.8) is 0 Å². The molecular weight excluding hydrogens is 230 g/mol. The lowest BCUT2D eigenvalue weighted by molar-refractivity contribution is -0.146. The molecule has 0 N–H and O–H groups in total. The predicted octanol–water partition coefficient (Wildman–Crippen LogP) is 1.60. The first-order valence-corrected chi connectivity index (χ1v) is 6.08. The molecule has 0 radical (unpaired) electrons. The van der Waals surface area contributed by atoms with E-state index in [9.17, 15) is 9.59 Å². The molecule has 0 aromatic heterocycles. The van der Waals surface area contributed by atoms with Crippen molar-refractivity contribution in [1.82, 2.24) is 4.90 Å². The highest BCUT2D eigenvalue weighted by Crippen LogP contribution is 2.20. The Bertz CT molecular complexity index is 430. The van der Waals surface area contributed by atoms with Crippen LogP contribution in [0.5, 0.6) is 0 Å². The number of amides is 1. The van der Waals surface area contributed by atoms with Gasteiger partial charge in [0.25, 0.3) is 0 Å². The number of carbonyl (C=O) groups is 2. The van der Waals surface area contributed by atoms with E-state index >= 15 is 0 Å². The molecule has 1 atom stereocenters. The zero-order valence-electron chi connectivity index (χ0n) is 10.5. The summed E-state index contributed by atoms with van der Waals surface area (Å²) in [5.74, 6) is -0.0198. The molecule has 0 aliphatic carbocycles. The van der Waals surface area contributed by atoms with Crippen LogP contribution in [0.25, 0.3) is 0 Å². The van der Waals surface area contributed by atoms with E-state index in [1.807, 2.05) is 30.3 Å². The van der Waals surface area contributed by atoms with E-state index in [2.05, 4.69) is 0 Å². The highest BCUT2D eigenvalue weighted by molar-refractivity contribution is 5.79. The van der Waals surface area contributed by atoms with Crippen LogP contribution in [0.3, 0.4) is 0 Å². The van der Waals surface area contributed by atoms with Gasteiger partial charge in [-0.1, -0.05) is 30.3 Å². The van der Waals surface area contributed by atoms with Gasteiger partial charge in [-0.25, -0.2) is 0 Å². The van der Waals surface area contributed by atoms with Crippen LogP contribution >= 0.6 is 0 Å². The number of rotatable bonds is 4. The summed E-state index contributed by atoms with van der Waals surface area (Å²) in [4.78, 5) is 24.6. The second-order valence-corrected chi connectivity index (χ2v) is 4.69. The van der Waals surface area contributed by atoms with E-state index in [1.54, 1.807) is 11.9 Å². The molecule has 1 heterocycles. The molecule has 0 bridgehead atoms. The van der Waals surface area contributed by atoms with Gasteiger partial charge in [-0.15, -0.1) is 0 Å². The van der Waals surface area contributed by atoms with E-state index in [0.717, 1.165) is 5.56 Å². The van der Waals surface area contributed by atoms with E-state index in [1.165, 1.54) is 0 Å². The standard InChI is InChI=1S/C14H17NO3/c1-15-9-12(7-13(15)16)8-14(17)18-10-11-5-3-2-4-6-11/h2-6,12H,7-10H2,1H3/t12-/m0/s1. The van der Waals surface area contributed by atoms with E-state index in [4.69, 9.17) is 4.74 Å². The molecule has 1 fully saturated rings. The fraction of sp³-hybridized carbons (Fsp3) is 0.429. The summed E-state index contributed by atoms with van der Waals surface area (Å²) in [6.45, 7) is 0.954. The Morgan fingerprint density at radius 2 is 2.11 bits per heavy atom. The number of carbonyl (C=O) groups excluding carboxylic acids is 2. The van der Waals surface area contributed by atoms with Gasteiger partial charge in [0.1, 0.15) is 6.61 Å². The Balaban J connectivity index is 1.75. The van der Waals surface area contributed by atoms with Gasteiger partial charge >= 0.3 is 5.97 Å². The van der Waals surface area contributed by atoms with Crippen LogP contribution < -0.4 is 0 Å². The molecule has 1 aliphatic rings. The Hall–Kier alpha value is -1.84. The van der Waals surface area contributed by atoms with Gasteiger partial charge in [0.2, 0.25) is 5.91 Å². The minimum Gasteiger partial charge on any atom is -0.461 e. The fourth-order valence-corrected chi connectivity index (χ4v) is 2.13. The number of likely N-dealkylation sites (tertiary alicyclic amines) is 1. The second kappa shape index (κ2) is 5.67. The summed E-state index contributed by atoms with van der Waals surface area (Å²) in [5.41, 5.74) is 0.977. The number of hydrogen-bond acceptors (Lipinski definition) is 3. The number of hydrogen-bond donors (Lipinski definition) is 0. The van der Waals surface area contributed by atoms with Crippen molar-refractivity contribution >= 4 is 11.9 Å². The molecule has 96 valence electrons. The minimum absolute atomic E-state index is 0.103. The van der Waals surface area contributed by atoms with Crippen molar-refractivity contribution in [2.24, 2.45) is 5.92 Å². The molecule has 2 rings (SSSR count). The first-order chi connectivity index (χ1) is 8.65. The average molecular weight is 247 g/mol. The summed E-state index contributed by atoms with van der Waals surface area (Å²) in [6, 6.07) is 9.58. The molecule has 4 heteroatoms. The summed E-state index contributed by atoms with van der Waals surface area (Å²) in [6.07, 6.45) is 0.778. The number of esters is 1. The highest BCUT2D eigenvalue weighted by Gasteiger charge is 2.28. The van der Waals surface area contributed by atoms with Crippen molar-refractivity contribution in [3.8, 4) is 0 Å². The van der Waals surface area contributed by atoms with Gasteiger partial charge in [0, 0.05) is 20.0 Å². The lowest BCUT2D eigenvalue weighted by Gasteiger charge is -2.10. The van der Waals surface area contributed by atoms with Crippen LogP contribution in [0.2, 0.25) is 0 Å². The maximum atomic E-state index is 11.6. The summed E-state index contributed by atoms with van der Waals surface area (Å²) < 4.78 is 5.19. The lowest BCUT2D eigenvalue weighted by Crippen LogP contribution is -2.19. The summed E-state index contributed by atoms with van der Waals surface area (Å²) >= 11 is 0. The zero-order chi connectivity index (χ0) is 13.0. The molecule has 0 spiro atoms. The first-order valence-electron chi connectivity index (χ1n) is 6.08. The second-order valence-electron chi connectivity index (χ2n) is 4.69. The molecular formula is C14H17NO3. The monoisotopic (exact) mass is 247 g/mol. The third-order valence-corrected chi connectivity index (χ3v) is 3.12. The van der Waals surface area contributed by atoms with Crippen LogP contribution in [0.15, 0.2) is 30.3 Å². The van der Waals surface area contributed by atoms with Crippen LogP contribution in [0, 0.1) is 5.92 Å². The number of nitrogens with zero attached hydrogens (tertiary/aromatic N) is 1. The summed E-state index contributed by atoms with van der Waals surface area (Å²) in [5, 5.41) is 0. The third kappa shape index (κ3) is 3.32. The SMILES string of the molecule is CN1C[C@H](CC(=O)OCc2ccccc2)CC1=O. The maximum Gasteiger partial charge on any atom is 0.306 e. The molecule has 1 aromatic carbocycles. The topological polar surface area (TPSA) is 46.6 Å². The van der Waals surface area contributed by atoms with E-state index in [0.29, 0.717) is 26.0 Å². The largest absolute Gasteiger partial charge is 0.461 e. The lowest BCUT2D eigenvalue weighted by atomic mass is 10.1. The summed E-state index contributed by atoms with van der Waals surface area (Å²) in [7, 11) is 1.76. The Kier molecular flexibility index (Phi) is 3.97. The van der Waals surface area contributed by atoms with Gasteiger partial charge < -0.3 is 9.64 Å². The van der Waals surface area contributed by atoms with Crippen molar-refractivity contribution in [1.29, 1.82) is 0 Å². The smallest absolute Gasteiger partial charge is 0.306 e. The van der Waals surface area contributed by atoms with Crippen molar-refractivity contribution in [2.45, 2.75) is 19.4 Å². The van der Waals surface area contributed by atoms with Crippen LogP contribution in [-0.2, 0) is 20.9 Å². The van der Waals surface area contributed by atoms with E-state index < -0.39 is 0 Å². The van der Waals surface area contributed by atoms with Crippen molar-refractivity contribution < 1.29 is 14.3 Å².